The van der Waals surface area contributed by atoms with Gasteiger partial charge in [-0.3, -0.25) is 4.79 Å². The highest BCUT2D eigenvalue weighted by atomic mass is 19.4. The van der Waals surface area contributed by atoms with E-state index in [1.807, 2.05) is 13.8 Å². The number of rotatable bonds is 7. The Bertz CT molecular complexity index is 969. The summed E-state index contributed by atoms with van der Waals surface area (Å²) in [6.07, 6.45) is -2.31. The van der Waals surface area contributed by atoms with Crippen LogP contribution in [0.25, 0.3) is 5.69 Å². The smallest absolute Gasteiger partial charge is 0.349 e. The fraction of sp³-hybridized carbons (Fsp3) is 0.333. The standard InChI is InChI=1S/C21H22F3N5O/c1-14(2)10-19(16-4-3-5-17(12-16)21(22,23)24)26-20(30)11-15-6-8-18(9-7-15)29-13-25-27-28-29/h3-9,12-14,19H,10-11H2,1-2H3,(H,26,30). The first-order valence-corrected chi connectivity index (χ1v) is 9.51. The SMILES string of the molecule is CC(C)CC(NC(=O)Cc1ccc(-n2cnnn2)cc1)c1cccc(C(F)(F)F)c1. The maximum atomic E-state index is 13.1. The van der Waals surface area contributed by atoms with Gasteiger partial charge < -0.3 is 5.32 Å². The average molecular weight is 417 g/mol. The van der Waals surface area contributed by atoms with E-state index in [2.05, 4.69) is 20.8 Å². The molecule has 0 radical (unpaired) electrons. The second kappa shape index (κ2) is 9.06. The van der Waals surface area contributed by atoms with Crippen LogP contribution in [0.5, 0.6) is 0 Å². The van der Waals surface area contributed by atoms with Crippen LogP contribution in [0.15, 0.2) is 54.9 Å². The molecule has 0 aliphatic rings. The summed E-state index contributed by atoms with van der Waals surface area (Å²) >= 11 is 0. The third kappa shape index (κ3) is 5.65. The first-order chi connectivity index (χ1) is 14.2. The minimum Gasteiger partial charge on any atom is -0.349 e. The number of tetrazole rings is 1. The summed E-state index contributed by atoms with van der Waals surface area (Å²) in [5.74, 6) is -0.0614. The number of hydrogen-bond donors (Lipinski definition) is 1. The van der Waals surface area contributed by atoms with Gasteiger partial charge in [0.05, 0.1) is 23.7 Å². The minimum absolute atomic E-state index is 0.115. The summed E-state index contributed by atoms with van der Waals surface area (Å²) in [6, 6.07) is 11.8. The van der Waals surface area contributed by atoms with Crippen LogP contribution in [-0.2, 0) is 17.4 Å². The van der Waals surface area contributed by atoms with Crippen LogP contribution in [-0.4, -0.2) is 26.1 Å². The van der Waals surface area contributed by atoms with Crippen molar-refractivity contribution in [3.63, 3.8) is 0 Å². The quantitative estimate of drug-likeness (QED) is 0.628. The van der Waals surface area contributed by atoms with Gasteiger partial charge in [-0.25, -0.2) is 4.68 Å². The van der Waals surface area contributed by atoms with E-state index in [1.165, 1.54) is 17.1 Å². The van der Waals surface area contributed by atoms with Gasteiger partial charge in [0, 0.05) is 0 Å². The van der Waals surface area contributed by atoms with Crippen LogP contribution in [0.2, 0.25) is 0 Å². The van der Waals surface area contributed by atoms with E-state index in [0.717, 1.165) is 23.4 Å². The average Bonchev–Trinajstić information content (AvgIpc) is 3.22. The first kappa shape index (κ1) is 21.5. The Morgan fingerprint density at radius 2 is 1.87 bits per heavy atom. The van der Waals surface area contributed by atoms with Crippen molar-refractivity contribution in [2.24, 2.45) is 5.92 Å². The van der Waals surface area contributed by atoms with Crippen LogP contribution in [0.4, 0.5) is 13.2 Å². The highest BCUT2D eigenvalue weighted by Crippen LogP contribution is 2.32. The lowest BCUT2D eigenvalue weighted by atomic mass is 9.95. The van der Waals surface area contributed by atoms with Crippen LogP contribution in [0, 0.1) is 5.92 Å². The zero-order chi connectivity index (χ0) is 21.7. The normalized spacial score (nSPS) is 12.7. The summed E-state index contributed by atoms with van der Waals surface area (Å²) in [6.45, 7) is 3.93. The molecular formula is C21H22F3N5O. The van der Waals surface area contributed by atoms with Gasteiger partial charge in [-0.05, 0) is 58.2 Å². The number of carbonyl (C=O) groups excluding carboxylic acids is 1. The number of carbonyl (C=O) groups is 1. The predicted molar refractivity (Wildman–Crippen MR) is 105 cm³/mol. The molecule has 1 amide bonds. The molecule has 1 aromatic heterocycles. The zero-order valence-electron chi connectivity index (χ0n) is 16.6. The summed E-state index contributed by atoms with van der Waals surface area (Å²) in [4.78, 5) is 12.6. The Morgan fingerprint density at radius 3 is 2.47 bits per heavy atom. The maximum Gasteiger partial charge on any atom is 0.416 e. The first-order valence-electron chi connectivity index (χ1n) is 9.51. The number of amides is 1. The van der Waals surface area contributed by atoms with E-state index in [-0.39, 0.29) is 18.2 Å². The van der Waals surface area contributed by atoms with Crippen LogP contribution >= 0.6 is 0 Å². The minimum atomic E-state index is -4.43. The Hall–Kier alpha value is -3.23. The van der Waals surface area contributed by atoms with Crippen molar-refractivity contribution in [3.05, 3.63) is 71.5 Å². The van der Waals surface area contributed by atoms with Gasteiger partial charge in [0.1, 0.15) is 6.33 Å². The van der Waals surface area contributed by atoms with Gasteiger partial charge in [0.2, 0.25) is 5.91 Å². The molecule has 2 aromatic carbocycles. The molecule has 0 aliphatic carbocycles. The third-order valence-electron chi connectivity index (χ3n) is 4.57. The fourth-order valence-corrected chi connectivity index (χ4v) is 3.16. The number of nitrogens with one attached hydrogen (secondary N) is 1. The molecule has 6 nitrogen and oxygen atoms in total. The lowest BCUT2D eigenvalue weighted by molar-refractivity contribution is -0.137. The molecule has 1 atom stereocenters. The molecule has 1 unspecified atom stereocenters. The maximum absolute atomic E-state index is 13.1. The van der Waals surface area contributed by atoms with E-state index in [9.17, 15) is 18.0 Å². The van der Waals surface area contributed by atoms with Crippen molar-refractivity contribution in [2.45, 2.75) is 38.9 Å². The van der Waals surface area contributed by atoms with E-state index < -0.39 is 17.8 Å². The Balaban J connectivity index is 1.71. The van der Waals surface area contributed by atoms with Gasteiger partial charge in [0.15, 0.2) is 0 Å². The number of nitrogens with zero attached hydrogens (tertiary/aromatic N) is 4. The summed E-state index contributed by atoms with van der Waals surface area (Å²) < 4.78 is 40.7. The Labute approximate surface area is 172 Å². The fourth-order valence-electron chi connectivity index (χ4n) is 3.16. The van der Waals surface area contributed by atoms with E-state index in [1.54, 1.807) is 30.3 Å². The monoisotopic (exact) mass is 417 g/mol. The van der Waals surface area contributed by atoms with Gasteiger partial charge in [0.25, 0.3) is 0 Å². The summed E-state index contributed by atoms with van der Waals surface area (Å²) in [5.41, 5.74) is 1.25. The van der Waals surface area contributed by atoms with Crippen LogP contribution < -0.4 is 5.32 Å². The summed E-state index contributed by atoms with van der Waals surface area (Å²) in [5, 5.41) is 13.8. The van der Waals surface area contributed by atoms with Crippen molar-refractivity contribution in [1.82, 2.24) is 25.5 Å². The number of hydrogen-bond acceptors (Lipinski definition) is 4. The van der Waals surface area contributed by atoms with Gasteiger partial charge in [-0.15, -0.1) is 5.10 Å². The largest absolute Gasteiger partial charge is 0.416 e. The highest BCUT2D eigenvalue weighted by Gasteiger charge is 2.31. The highest BCUT2D eigenvalue weighted by molar-refractivity contribution is 5.79. The number of aromatic nitrogens is 4. The Morgan fingerprint density at radius 1 is 1.13 bits per heavy atom. The number of benzene rings is 2. The molecule has 0 fully saturated rings. The van der Waals surface area contributed by atoms with Crippen LogP contribution in [0.3, 0.4) is 0 Å². The van der Waals surface area contributed by atoms with Crippen LogP contribution in [0.1, 0.15) is 43.0 Å². The lowest BCUT2D eigenvalue weighted by Gasteiger charge is -2.22. The molecule has 1 heterocycles. The third-order valence-corrected chi connectivity index (χ3v) is 4.57. The second-order valence-corrected chi connectivity index (χ2v) is 7.47. The van der Waals surface area contributed by atoms with Crippen molar-refractivity contribution in [1.29, 1.82) is 0 Å². The topological polar surface area (TPSA) is 72.7 Å². The summed E-state index contributed by atoms with van der Waals surface area (Å²) in [7, 11) is 0. The van der Waals surface area contributed by atoms with E-state index in [0.29, 0.717) is 12.0 Å². The van der Waals surface area contributed by atoms with Gasteiger partial charge in [-0.2, -0.15) is 13.2 Å². The Kier molecular flexibility index (Phi) is 6.49. The molecule has 3 rings (SSSR count). The van der Waals surface area contributed by atoms with Crippen molar-refractivity contribution in [3.8, 4) is 5.69 Å². The predicted octanol–water partition coefficient (Wildman–Crippen LogP) is 4.13. The van der Waals surface area contributed by atoms with Crippen molar-refractivity contribution in [2.75, 3.05) is 0 Å². The molecule has 158 valence electrons. The second-order valence-electron chi connectivity index (χ2n) is 7.47. The molecular weight excluding hydrogens is 395 g/mol. The van der Waals surface area contributed by atoms with Gasteiger partial charge in [-0.1, -0.05) is 38.1 Å². The molecule has 9 heteroatoms. The van der Waals surface area contributed by atoms with E-state index in [4.69, 9.17) is 0 Å². The molecule has 0 aliphatic heterocycles. The molecule has 1 N–H and O–H groups in total. The van der Waals surface area contributed by atoms with Crippen molar-refractivity contribution >= 4 is 5.91 Å². The van der Waals surface area contributed by atoms with Crippen molar-refractivity contribution < 1.29 is 18.0 Å². The van der Waals surface area contributed by atoms with Gasteiger partial charge >= 0.3 is 6.18 Å². The number of halogens is 3. The molecule has 0 saturated heterocycles. The molecule has 0 bridgehead atoms. The molecule has 0 spiro atoms. The molecule has 0 saturated carbocycles. The lowest BCUT2D eigenvalue weighted by Crippen LogP contribution is -2.31. The molecule has 30 heavy (non-hydrogen) atoms. The zero-order valence-corrected chi connectivity index (χ0v) is 16.6. The van der Waals surface area contributed by atoms with E-state index >= 15 is 0 Å². The molecule has 3 aromatic rings. The number of alkyl halides is 3.